The first-order valence-electron chi connectivity index (χ1n) is 10.6. The number of fused-ring (bicyclic) bond motifs is 1. The van der Waals surface area contributed by atoms with E-state index in [-0.39, 0.29) is 6.42 Å². The summed E-state index contributed by atoms with van der Waals surface area (Å²) in [4.78, 5) is 35.2. The molecule has 0 aromatic rings. The fourth-order valence-electron chi connectivity index (χ4n) is 7.11. The van der Waals surface area contributed by atoms with E-state index in [0.29, 0.717) is 17.8 Å². The van der Waals surface area contributed by atoms with E-state index in [1.54, 1.807) is 0 Å². The Morgan fingerprint density at radius 3 is 2.13 bits per heavy atom. The fourth-order valence-corrected chi connectivity index (χ4v) is 7.11. The van der Waals surface area contributed by atoms with E-state index in [2.05, 4.69) is 4.74 Å². The molecule has 6 fully saturated rings. The van der Waals surface area contributed by atoms with Crippen LogP contribution in [-0.2, 0) is 23.7 Å². The molecule has 0 aliphatic heterocycles. The zero-order chi connectivity index (χ0) is 21.3. The van der Waals surface area contributed by atoms with Crippen LogP contribution >= 0.6 is 0 Å². The third kappa shape index (κ3) is 3.19. The molecule has 166 valence electrons. The van der Waals surface area contributed by atoms with Gasteiger partial charge in [-0.2, -0.15) is 0 Å². The summed E-state index contributed by atoms with van der Waals surface area (Å²) in [7, 11) is 0. The lowest BCUT2D eigenvalue weighted by Crippen LogP contribution is -2.53. The molecule has 0 spiro atoms. The van der Waals surface area contributed by atoms with Gasteiger partial charge in [-0.1, -0.05) is 0 Å². The molecule has 9 nitrogen and oxygen atoms in total. The molecule has 5 atom stereocenters. The Bertz CT molecular complexity index is 739. The second kappa shape index (κ2) is 6.70. The summed E-state index contributed by atoms with van der Waals surface area (Å²) in [5.74, 6) is -0.890. The quantitative estimate of drug-likeness (QED) is 0.385. The summed E-state index contributed by atoms with van der Waals surface area (Å²) in [6, 6.07) is 0. The summed E-state index contributed by atoms with van der Waals surface area (Å²) >= 11 is 0. The van der Waals surface area contributed by atoms with E-state index < -0.39 is 60.3 Å². The van der Waals surface area contributed by atoms with Gasteiger partial charge in [-0.15, -0.1) is 0 Å². The Morgan fingerprint density at radius 1 is 0.967 bits per heavy atom. The predicted molar refractivity (Wildman–Crippen MR) is 95.4 cm³/mol. The molecule has 0 aromatic heterocycles. The molecule has 0 radical (unpaired) electrons. The number of alkyl halides is 1. The number of carboxylic acid groups (broad SMARTS) is 1. The van der Waals surface area contributed by atoms with Crippen molar-refractivity contribution in [2.75, 3.05) is 6.79 Å². The van der Waals surface area contributed by atoms with Crippen LogP contribution in [0, 0.1) is 35.5 Å². The van der Waals surface area contributed by atoms with Gasteiger partial charge in [0.1, 0.15) is 5.60 Å². The van der Waals surface area contributed by atoms with Crippen molar-refractivity contribution in [1.82, 2.24) is 0 Å². The smallest absolute Gasteiger partial charge is 0.450 e. The van der Waals surface area contributed by atoms with Gasteiger partial charge in [-0.25, -0.2) is 14.0 Å². The maximum absolute atomic E-state index is 14.0. The maximum atomic E-state index is 14.0. The van der Waals surface area contributed by atoms with Gasteiger partial charge in [-0.05, 0) is 68.6 Å². The van der Waals surface area contributed by atoms with Crippen molar-refractivity contribution >= 4 is 18.3 Å². The van der Waals surface area contributed by atoms with Gasteiger partial charge < -0.3 is 24.1 Å². The van der Waals surface area contributed by atoms with Crippen LogP contribution in [0.3, 0.4) is 0 Å². The number of hydrogen-bond acceptors (Lipinski definition) is 8. The second-order valence-electron chi connectivity index (χ2n) is 9.82. The molecule has 4 bridgehead atoms. The number of esters is 1. The average molecular weight is 427 g/mol. The summed E-state index contributed by atoms with van der Waals surface area (Å²) in [5.41, 5.74) is 3.26. The van der Waals surface area contributed by atoms with Crippen molar-refractivity contribution in [2.45, 2.75) is 62.4 Å². The van der Waals surface area contributed by atoms with Crippen LogP contribution in [0.15, 0.2) is 0 Å². The molecule has 0 amide bonds. The summed E-state index contributed by atoms with van der Waals surface area (Å²) in [5, 5.41) is 8.78. The average Bonchev–Trinajstić information content (AvgIpc) is 3.27. The lowest BCUT2D eigenvalue weighted by atomic mass is 9.54. The highest BCUT2D eigenvalue weighted by molar-refractivity contribution is 5.77. The minimum absolute atomic E-state index is 0.0802. The second-order valence-corrected chi connectivity index (χ2v) is 9.82. The maximum Gasteiger partial charge on any atom is 0.511 e. The Labute approximate surface area is 172 Å². The predicted octanol–water partition coefficient (Wildman–Crippen LogP) is 2.56. The van der Waals surface area contributed by atoms with Crippen LogP contribution in [0.2, 0.25) is 0 Å². The van der Waals surface area contributed by atoms with E-state index in [1.165, 1.54) is 19.3 Å². The molecule has 10 heteroatoms. The third-order valence-electron chi connectivity index (χ3n) is 7.85. The minimum atomic E-state index is -2.06. The zero-order valence-corrected chi connectivity index (χ0v) is 16.5. The molecular weight excluding hydrogens is 401 g/mol. The molecule has 0 aromatic carbocycles. The molecule has 6 aliphatic carbocycles. The van der Waals surface area contributed by atoms with Crippen molar-refractivity contribution in [2.24, 2.45) is 41.2 Å². The van der Waals surface area contributed by atoms with Gasteiger partial charge in [0.05, 0.1) is 5.92 Å². The number of ether oxygens (including phenoxy) is 4. The summed E-state index contributed by atoms with van der Waals surface area (Å²) in [6.45, 7) is -0.615. The molecule has 30 heavy (non-hydrogen) atoms. The van der Waals surface area contributed by atoms with Gasteiger partial charge in [0, 0.05) is 5.92 Å². The molecule has 0 saturated heterocycles. The van der Waals surface area contributed by atoms with E-state index in [4.69, 9.17) is 25.1 Å². The van der Waals surface area contributed by atoms with Crippen LogP contribution in [0.25, 0.3) is 0 Å². The van der Waals surface area contributed by atoms with Gasteiger partial charge in [0.2, 0.25) is 12.5 Å². The molecule has 0 heterocycles. The first-order chi connectivity index (χ1) is 14.2. The van der Waals surface area contributed by atoms with E-state index >= 15 is 0 Å². The number of hydrogen-bond donors (Lipinski definition) is 2. The van der Waals surface area contributed by atoms with Crippen LogP contribution < -0.4 is 5.73 Å². The van der Waals surface area contributed by atoms with E-state index in [9.17, 15) is 18.8 Å². The Morgan fingerprint density at radius 2 is 1.57 bits per heavy atom. The lowest BCUT2D eigenvalue weighted by Gasteiger charge is -2.55. The molecule has 6 aliphatic rings. The lowest BCUT2D eigenvalue weighted by molar-refractivity contribution is -0.167. The van der Waals surface area contributed by atoms with Gasteiger partial charge in [0.25, 0.3) is 0 Å². The van der Waals surface area contributed by atoms with E-state index in [1.807, 2.05) is 0 Å². The standard InChI is InChI=1S/C20H26FNO8/c21-13-4-12-14(15(12)20(13,22)29-17(24)25)16(23)27-8-28-18(26)30-19-5-9-1-10(6-19)3-11(2-9)7-19/h9-15H,1-8,22H2,(H,24,25)/t9?,10?,11?,12-,13-,14-,15-,19?,20+/m0/s1. The fraction of sp³-hybridized carbons (Fsp3) is 0.850. The van der Waals surface area contributed by atoms with Crippen LogP contribution in [-0.4, -0.2) is 47.7 Å². The van der Waals surface area contributed by atoms with Crippen LogP contribution in [0.5, 0.6) is 0 Å². The number of rotatable bonds is 5. The van der Waals surface area contributed by atoms with Crippen molar-refractivity contribution in [3.8, 4) is 0 Å². The minimum Gasteiger partial charge on any atom is -0.450 e. The third-order valence-corrected chi connectivity index (χ3v) is 7.85. The Kier molecular flexibility index (Phi) is 4.43. The monoisotopic (exact) mass is 427 g/mol. The highest BCUT2D eigenvalue weighted by Crippen LogP contribution is 2.63. The number of carbonyl (C=O) groups excluding carboxylic acids is 2. The largest absolute Gasteiger partial charge is 0.511 e. The number of halogens is 1. The van der Waals surface area contributed by atoms with Gasteiger partial charge >= 0.3 is 18.3 Å². The summed E-state index contributed by atoms with van der Waals surface area (Å²) < 4.78 is 34.1. The first kappa shape index (κ1) is 19.8. The van der Waals surface area contributed by atoms with Gasteiger partial charge in [-0.3, -0.25) is 10.5 Å². The highest BCUT2D eigenvalue weighted by atomic mass is 19.1. The van der Waals surface area contributed by atoms with Crippen molar-refractivity contribution < 1.29 is 42.8 Å². The topological polar surface area (TPSA) is 134 Å². The SMILES string of the molecule is N[C@]1(OC(=O)O)[C@H]2[C@@H](C[C@@H]1F)[C@@H]2C(=O)OCOC(=O)OC12CC3CC(CC(C3)C1)C2. The normalized spacial score (nSPS) is 47.3. The van der Waals surface area contributed by atoms with Crippen molar-refractivity contribution in [3.05, 3.63) is 0 Å². The van der Waals surface area contributed by atoms with Crippen LogP contribution in [0.4, 0.5) is 14.0 Å². The van der Waals surface area contributed by atoms with Crippen molar-refractivity contribution in [3.63, 3.8) is 0 Å². The Hall–Kier alpha value is -2.10. The highest BCUT2D eigenvalue weighted by Gasteiger charge is 2.74. The van der Waals surface area contributed by atoms with Gasteiger partial charge in [0.15, 0.2) is 6.17 Å². The molecule has 6 rings (SSSR count). The molecule has 6 saturated carbocycles. The number of nitrogens with two attached hydrogens (primary N) is 1. The number of carbonyl (C=O) groups is 3. The van der Waals surface area contributed by atoms with E-state index in [0.717, 1.165) is 19.3 Å². The first-order valence-corrected chi connectivity index (χ1v) is 10.6. The van der Waals surface area contributed by atoms with Crippen molar-refractivity contribution in [1.29, 1.82) is 0 Å². The Balaban J connectivity index is 1.09. The molecule has 0 unspecified atom stereocenters. The molecular formula is C20H26FNO8. The summed E-state index contributed by atoms with van der Waals surface area (Å²) in [6.07, 6.45) is 1.93. The zero-order valence-electron chi connectivity index (χ0n) is 16.5. The van der Waals surface area contributed by atoms with Crippen LogP contribution in [0.1, 0.15) is 44.9 Å². The molecule has 3 N–H and O–H groups in total.